The quantitative estimate of drug-likeness (QED) is 0.882. The molecule has 7 heteroatoms. The molecular weight excluding hydrogens is 310 g/mol. The second-order valence-electron chi connectivity index (χ2n) is 4.48. The molecule has 114 valence electrons. The van der Waals surface area contributed by atoms with Crippen LogP contribution >= 0.6 is 11.3 Å². The average Bonchev–Trinajstić information content (AvgIpc) is 2.99. The summed E-state index contributed by atoms with van der Waals surface area (Å²) in [5.74, 6) is 0.269. The van der Waals surface area contributed by atoms with E-state index in [0.717, 1.165) is 4.88 Å². The first-order chi connectivity index (χ1) is 9.98. The topological polar surface area (TPSA) is 66.8 Å². The fourth-order valence-electron chi connectivity index (χ4n) is 1.90. The van der Waals surface area contributed by atoms with Crippen molar-refractivity contribution in [2.45, 2.75) is 18.0 Å². The van der Waals surface area contributed by atoms with Gasteiger partial charge < -0.3 is 9.84 Å². The summed E-state index contributed by atoms with van der Waals surface area (Å²) in [4.78, 5) is 1.02. The van der Waals surface area contributed by atoms with Crippen molar-refractivity contribution in [2.75, 3.05) is 14.2 Å². The van der Waals surface area contributed by atoms with Crippen LogP contribution in [0.15, 0.2) is 40.6 Å². The Morgan fingerprint density at radius 2 is 2.10 bits per heavy atom. The molecule has 1 aromatic carbocycles. The number of aliphatic hydroxyl groups is 1. The zero-order valence-electron chi connectivity index (χ0n) is 11.8. The van der Waals surface area contributed by atoms with Gasteiger partial charge in [-0.05, 0) is 29.1 Å². The Kier molecular flexibility index (Phi) is 5.00. The second kappa shape index (κ2) is 6.57. The van der Waals surface area contributed by atoms with E-state index in [1.165, 1.54) is 35.9 Å². The molecule has 1 heterocycles. The predicted molar refractivity (Wildman–Crippen MR) is 81.9 cm³/mol. The van der Waals surface area contributed by atoms with Crippen LogP contribution in [0.2, 0.25) is 0 Å². The molecule has 0 aliphatic carbocycles. The Hall–Kier alpha value is -1.41. The van der Waals surface area contributed by atoms with Crippen LogP contribution in [0.5, 0.6) is 5.75 Å². The maximum atomic E-state index is 12.7. The highest BCUT2D eigenvalue weighted by Gasteiger charge is 2.25. The normalized spacial score (nSPS) is 11.8. The Bertz CT molecular complexity index is 696. The first-order valence-electron chi connectivity index (χ1n) is 6.25. The number of benzene rings is 1. The third kappa shape index (κ3) is 3.44. The van der Waals surface area contributed by atoms with Gasteiger partial charge in [-0.2, -0.15) is 4.31 Å². The molecule has 0 bridgehead atoms. The van der Waals surface area contributed by atoms with Crippen molar-refractivity contribution < 1.29 is 18.3 Å². The molecule has 2 rings (SSSR count). The van der Waals surface area contributed by atoms with E-state index in [2.05, 4.69) is 0 Å². The summed E-state index contributed by atoms with van der Waals surface area (Å²) in [5.41, 5.74) is 0.527. The van der Waals surface area contributed by atoms with Crippen LogP contribution in [0.25, 0.3) is 0 Å². The highest BCUT2D eigenvalue weighted by molar-refractivity contribution is 7.89. The standard InChI is InChI=1S/C14H17NO4S2/c1-15(9-12-4-3-7-20-12)21(17,18)14-8-11(10-16)5-6-13(14)19-2/h3-8,16H,9-10H2,1-2H3. The van der Waals surface area contributed by atoms with Gasteiger partial charge in [0.1, 0.15) is 10.6 Å². The van der Waals surface area contributed by atoms with Crippen molar-refractivity contribution >= 4 is 21.4 Å². The summed E-state index contributed by atoms with van der Waals surface area (Å²) >= 11 is 1.50. The lowest BCUT2D eigenvalue weighted by molar-refractivity contribution is 0.281. The van der Waals surface area contributed by atoms with Crippen molar-refractivity contribution in [1.29, 1.82) is 0 Å². The van der Waals surface area contributed by atoms with E-state index in [1.54, 1.807) is 12.1 Å². The third-order valence-electron chi connectivity index (χ3n) is 3.06. The van der Waals surface area contributed by atoms with Gasteiger partial charge in [-0.3, -0.25) is 0 Å². The van der Waals surface area contributed by atoms with Gasteiger partial charge in [-0.25, -0.2) is 8.42 Å². The van der Waals surface area contributed by atoms with Crippen LogP contribution in [0.4, 0.5) is 0 Å². The predicted octanol–water partition coefficient (Wildman–Crippen LogP) is 2.07. The molecule has 5 nitrogen and oxygen atoms in total. The molecule has 2 aromatic rings. The number of hydrogen-bond donors (Lipinski definition) is 1. The van der Waals surface area contributed by atoms with E-state index in [-0.39, 0.29) is 17.3 Å². The average molecular weight is 327 g/mol. The van der Waals surface area contributed by atoms with Crippen molar-refractivity contribution in [1.82, 2.24) is 4.31 Å². The number of ether oxygens (including phenoxy) is 1. The molecule has 0 radical (unpaired) electrons. The minimum Gasteiger partial charge on any atom is -0.495 e. The Morgan fingerprint density at radius 3 is 2.67 bits per heavy atom. The van der Waals surface area contributed by atoms with E-state index in [1.807, 2.05) is 17.5 Å². The first-order valence-corrected chi connectivity index (χ1v) is 8.57. The molecule has 0 saturated heterocycles. The molecule has 0 saturated carbocycles. The highest BCUT2D eigenvalue weighted by Crippen LogP contribution is 2.28. The van der Waals surface area contributed by atoms with Gasteiger partial charge in [-0.15, -0.1) is 11.3 Å². The fourth-order valence-corrected chi connectivity index (χ4v) is 4.09. The minimum atomic E-state index is -3.69. The van der Waals surface area contributed by atoms with Crippen LogP contribution in [-0.2, 0) is 23.2 Å². The largest absolute Gasteiger partial charge is 0.495 e. The van der Waals surface area contributed by atoms with Gasteiger partial charge in [0, 0.05) is 18.5 Å². The number of sulfonamides is 1. The van der Waals surface area contributed by atoms with Crippen molar-refractivity contribution in [3.8, 4) is 5.75 Å². The van der Waals surface area contributed by atoms with E-state index in [9.17, 15) is 13.5 Å². The second-order valence-corrected chi connectivity index (χ2v) is 7.53. The summed E-state index contributed by atoms with van der Waals surface area (Å²) < 4.78 is 31.8. The SMILES string of the molecule is COc1ccc(CO)cc1S(=O)(=O)N(C)Cc1cccs1. The van der Waals surface area contributed by atoms with Crippen LogP contribution in [0.1, 0.15) is 10.4 Å². The molecule has 21 heavy (non-hydrogen) atoms. The number of thiophene rings is 1. The molecule has 1 aromatic heterocycles. The molecule has 0 atom stereocenters. The summed E-state index contributed by atoms with van der Waals surface area (Å²) in [6, 6.07) is 8.40. The lowest BCUT2D eigenvalue weighted by Gasteiger charge is -2.18. The number of hydrogen-bond acceptors (Lipinski definition) is 5. The van der Waals surface area contributed by atoms with Crippen LogP contribution in [0.3, 0.4) is 0 Å². The smallest absolute Gasteiger partial charge is 0.246 e. The van der Waals surface area contributed by atoms with E-state index in [0.29, 0.717) is 12.1 Å². The molecular formula is C14H17NO4S2. The number of aliphatic hydroxyl groups excluding tert-OH is 1. The van der Waals surface area contributed by atoms with Gasteiger partial charge >= 0.3 is 0 Å². The van der Waals surface area contributed by atoms with Gasteiger partial charge in [0.15, 0.2) is 0 Å². The Balaban J connectivity index is 2.38. The maximum Gasteiger partial charge on any atom is 0.246 e. The zero-order chi connectivity index (χ0) is 15.5. The van der Waals surface area contributed by atoms with Crippen LogP contribution in [0, 0.1) is 0 Å². The summed E-state index contributed by atoms with van der Waals surface area (Å²) in [5, 5.41) is 11.1. The number of methoxy groups -OCH3 is 1. The number of nitrogens with zero attached hydrogens (tertiary/aromatic N) is 1. The lowest BCUT2D eigenvalue weighted by atomic mass is 10.2. The lowest BCUT2D eigenvalue weighted by Crippen LogP contribution is -2.26. The molecule has 0 aliphatic rings. The summed E-state index contributed by atoms with van der Waals surface area (Å²) in [6.07, 6.45) is 0. The Morgan fingerprint density at radius 1 is 1.33 bits per heavy atom. The van der Waals surface area contributed by atoms with E-state index >= 15 is 0 Å². The molecule has 0 aliphatic heterocycles. The zero-order valence-corrected chi connectivity index (χ0v) is 13.4. The highest BCUT2D eigenvalue weighted by atomic mass is 32.2. The van der Waals surface area contributed by atoms with Gasteiger partial charge in [0.25, 0.3) is 0 Å². The fraction of sp³-hybridized carbons (Fsp3) is 0.286. The molecule has 1 N–H and O–H groups in total. The van der Waals surface area contributed by atoms with Crippen molar-refractivity contribution in [2.24, 2.45) is 0 Å². The van der Waals surface area contributed by atoms with Gasteiger partial charge in [-0.1, -0.05) is 12.1 Å². The maximum absolute atomic E-state index is 12.7. The van der Waals surface area contributed by atoms with Crippen molar-refractivity contribution in [3.63, 3.8) is 0 Å². The third-order valence-corrected chi connectivity index (χ3v) is 5.74. The number of rotatable bonds is 6. The van der Waals surface area contributed by atoms with Crippen LogP contribution in [-0.4, -0.2) is 32.0 Å². The molecule has 0 unspecified atom stereocenters. The Labute approximate surface area is 128 Å². The van der Waals surface area contributed by atoms with Gasteiger partial charge in [0.05, 0.1) is 13.7 Å². The molecule has 0 spiro atoms. The summed E-state index contributed by atoms with van der Waals surface area (Å²) in [7, 11) is -0.736. The van der Waals surface area contributed by atoms with Crippen molar-refractivity contribution in [3.05, 3.63) is 46.2 Å². The van der Waals surface area contributed by atoms with Crippen LogP contribution < -0.4 is 4.74 Å². The van der Waals surface area contributed by atoms with E-state index < -0.39 is 10.0 Å². The minimum absolute atomic E-state index is 0.0654. The monoisotopic (exact) mass is 327 g/mol. The summed E-state index contributed by atoms with van der Waals surface area (Å²) in [6.45, 7) is 0.0770. The van der Waals surface area contributed by atoms with Gasteiger partial charge in [0.2, 0.25) is 10.0 Å². The first kappa shape index (κ1) is 16.0. The molecule has 0 amide bonds. The van der Waals surface area contributed by atoms with E-state index in [4.69, 9.17) is 4.74 Å². The molecule has 0 fully saturated rings.